The molecule has 33 heavy (non-hydrogen) atoms. The largest absolute Gasteiger partial charge is 0.493 e. The minimum Gasteiger partial charge on any atom is -0.493 e. The fourth-order valence-electron chi connectivity index (χ4n) is 4.83. The van der Waals surface area contributed by atoms with Gasteiger partial charge in [-0.05, 0) is 82.2 Å². The van der Waals surface area contributed by atoms with Crippen molar-refractivity contribution < 1.29 is 14.6 Å². The van der Waals surface area contributed by atoms with Gasteiger partial charge in [0.1, 0.15) is 5.75 Å². The zero-order valence-corrected chi connectivity index (χ0v) is 20.4. The van der Waals surface area contributed by atoms with Crippen LogP contribution in [0.5, 0.6) is 5.75 Å². The highest BCUT2D eigenvalue weighted by Gasteiger charge is 2.37. The first-order valence-corrected chi connectivity index (χ1v) is 11.9. The van der Waals surface area contributed by atoms with E-state index < -0.39 is 5.97 Å². The number of hydrogen-bond acceptors (Lipinski definition) is 2. The summed E-state index contributed by atoms with van der Waals surface area (Å²) in [7, 11) is 0. The smallest absolute Gasteiger partial charge is 0.335 e. The Bertz CT molecular complexity index is 1170. The normalized spacial score (nSPS) is 16.2. The van der Waals surface area contributed by atoms with Gasteiger partial charge in [0.15, 0.2) is 0 Å². The van der Waals surface area contributed by atoms with Crippen LogP contribution in [0.4, 0.5) is 0 Å². The maximum atomic E-state index is 11.3. The summed E-state index contributed by atoms with van der Waals surface area (Å²) in [5.41, 5.74) is 7.79. The van der Waals surface area contributed by atoms with Crippen molar-refractivity contribution in [3.63, 3.8) is 0 Å². The van der Waals surface area contributed by atoms with Crippen LogP contribution in [-0.2, 0) is 10.8 Å². The van der Waals surface area contributed by atoms with Crippen molar-refractivity contribution >= 4 is 5.97 Å². The molecule has 0 atom stereocenters. The summed E-state index contributed by atoms with van der Waals surface area (Å²) >= 11 is 0. The first kappa shape index (κ1) is 23.1. The van der Waals surface area contributed by atoms with E-state index in [1.807, 2.05) is 18.2 Å². The van der Waals surface area contributed by atoms with E-state index in [-0.39, 0.29) is 16.4 Å². The number of aromatic carboxylic acids is 1. The Labute approximate surface area is 197 Å². The Morgan fingerprint density at radius 3 is 2.03 bits per heavy atom. The fraction of sp³-hybridized carbons (Fsp3) is 0.367. The highest BCUT2D eigenvalue weighted by Crippen LogP contribution is 2.47. The van der Waals surface area contributed by atoms with Crippen molar-refractivity contribution in [2.24, 2.45) is 0 Å². The predicted octanol–water partition coefficient (Wildman–Crippen LogP) is 7.86. The summed E-state index contributed by atoms with van der Waals surface area (Å²) in [6.07, 6.45) is 3.31. The highest BCUT2D eigenvalue weighted by molar-refractivity contribution is 5.89. The van der Waals surface area contributed by atoms with Crippen LogP contribution in [-0.4, -0.2) is 17.7 Å². The number of hydrogen-bond donors (Lipinski definition) is 1. The number of carboxylic acids is 1. The van der Waals surface area contributed by atoms with Crippen molar-refractivity contribution in [2.45, 2.75) is 64.7 Å². The minimum absolute atomic E-state index is 0.153. The van der Waals surface area contributed by atoms with Gasteiger partial charge in [-0.15, -0.1) is 0 Å². The first-order valence-electron chi connectivity index (χ1n) is 11.9. The highest BCUT2D eigenvalue weighted by atomic mass is 16.5. The number of carboxylic acid groups (broad SMARTS) is 1. The summed E-state index contributed by atoms with van der Waals surface area (Å²) in [5, 5.41) is 9.26. The molecule has 0 fully saturated rings. The molecular formula is C30H34O3. The maximum absolute atomic E-state index is 11.3. The Morgan fingerprint density at radius 1 is 0.818 bits per heavy atom. The molecule has 1 aliphatic rings. The average molecular weight is 443 g/mol. The second kappa shape index (κ2) is 8.70. The number of carbonyl (C=O) groups is 1. The Balaban J connectivity index is 1.81. The van der Waals surface area contributed by atoms with Gasteiger partial charge in [-0.1, -0.05) is 71.0 Å². The molecule has 3 aromatic rings. The van der Waals surface area contributed by atoms with Crippen LogP contribution in [0, 0.1) is 0 Å². The summed E-state index contributed by atoms with van der Waals surface area (Å²) in [6, 6.07) is 20.3. The Hall–Kier alpha value is -3.07. The lowest BCUT2D eigenvalue weighted by Crippen LogP contribution is -2.33. The van der Waals surface area contributed by atoms with Gasteiger partial charge in [0, 0.05) is 5.56 Å². The molecular weight excluding hydrogens is 408 g/mol. The van der Waals surface area contributed by atoms with Crippen LogP contribution in [0.2, 0.25) is 0 Å². The molecule has 4 rings (SSSR count). The van der Waals surface area contributed by atoms with E-state index in [0.717, 1.165) is 28.9 Å². The maximum Gasteiger partial charge on any atom is 0.335 e. The molecule has 3 heteroatoms. The molecule has 3 aromatic carbocycles. The molecule has 0 bridgehead atoms. The van der Waals surface area contributed by atoms with Crippen molar-refractivity contribution in [1.29, 1.82) is 0 Å². The SMILES string of the molecule is CCCOc1ccc(-c2ccc3c(c2)C(C)(C)CCC3(C)C)cc1-c1ccc(C(=O)O)cc1. The molecule has 3 nitrogen and oxygen atoms in total. The average Bonchev–Trinajstić information content (AvgIpc) is 2.80. The summed E-state index contributed by atoms with van der Waals surface area (Å²) < 4.78 is 6.04. The second-order valence-corrected chi connectivity index (χ2v) is 10.5. The minimum atomic E-state index is -0.919. The van der Waals surface area contributed by atoms with Gasteiger partial charge >= 0.3 is 5.97 Å². The van der Waals surface area contributed by atoms with Crippen LogP contribution in [0.15, 0.2) is 60.7 Å². The lowest BCUT2D eigenvalue weighted by molar-refractivity contribution is 0.0697. The topological polar surface area (TPSA) is 46.5 Å². The van der Waals surface area contributed by atoms with Crippen LogP contribution < -0.4 is 4.74 Å². The summed E-state index contributed by atoms with van der Waals surface area (Å²) in [5.74, 6) is -0.0968. The zero-order chi connectivity index (χ0) is 23.8. The third-order valence-corrected chi connectivity index (χ3v) is 7.07. The van der Waals surface area contributed by atoms with Gasteiger partial charge in [0.05, 0.1) is 12.2 Å². The monoisotopic (exact) mass is 442 g/mol. The van der Waals surface area contributed by atoms with Crippen molar-refractivity contribution in [1.82, 2.24) is 0 Å². The van der Waals surface area contributed by atoms with Gasteiger partial charge in [-0.3, -0.25) is 0 Å². The van der Waals surface area contributed by atoms with E-state index in [4.69, 9.17) is 4.74 Å². The second-order valence-electron chi connectivity index (χ2n) is 10.5. The standard InChI is InChI=1S/C30H34O3/c1-6-17-33-27-14-12-22(18-24(27)20-7-9-21(10-8-20)28(31)32)23-11-13-25-26(19-23)30(4,5)16-15-29(25,2)3/h7-14,18-19H,6,15-17H2,1-5H3,(H,31,32). The summed E-state index contributed by atoms with van der Waals surface area (Å²) in [6.45, 7) is 12.1. The van der Waals surface area contributed by atoms with Crippen LogP contribution in [0.3, 0.4) is 0 Å². The zero-order valence-electron chi connectivity index (χ0n) is 20.4. The molecule has 1 aliphatic carbocycles. The molecule has 0 aromatic heterocycles. The van der Waals surface area contributed by atoms with Crippen LogP contribution >= 0.6 is 0 Å². The third kappa shape index (κ3) is 4.55. The molecule has 1 N–H and O–H groups in total. The van der Waals surface area contributed by atoms with Crippen molar-refractivity contribution in [3.05, 3.63) is 77.4 Å². The van der Waals surface area contributed by atoms with Crippen LogP contribution in [0.25, 0.3) is 22.3 Å². The van der Waals surface area contributed by atoms with Gasteiger partial charge < -0.3 is 9.84 Å². The Kier molecular flexibility index (Phi) is 6.09. The Morgan fingerprint density at radius 2 is 1.39 bits per heavy atom. The number of benzene rings is 3. The van der Waals surface area contributed by atoms with Crippen molar-refractivity contribution in [3.8, 4) is 28.0 Å². The lowest BCUT2D eigenvalue weighted by atomic mass is 9.63. The third-order valence-electron chi connectivity index (χ3n) is 7.07. The molecule has 0 saturated carbocycles. The molecule has 0 spiro atoms. The van der Waals surface area contributed by atoms with E-state index in [1.165, 1.54) is 29.5 Å². The lowest BCUT2D eigenvalue weighted by Gasteiger charge is -2.42. The number of fused-ring (bicyclic) bond motifs is 1. The molecule has 0 radical (unpaired) electrons. The fourth-order valence-corrected chi connectivity index (χ4v) is 4.83. The van der Waals surface area contributed by atoms with Crippen LogP contribution in [0.1, 0.15) is 75.4 Å². The van der Waals surface area contributed by atoms with E-state index in [1.54, 1.807) is 12.1 Å². The molecule has 0 heterocycles. The molecule has 0 saturated heterocycles. The number of rotatable bonds is 6. The van der Waals surface area contributed by atoms with E-state index in [9.17, 15) is 9.90 Å². The summed E-state index contributed by atoms with van der Waals surface area (Å²) in [4.78, 5) is 11.3. The first-order chi connectivity index (χ1) is 15.6. The molecule has 0 aliphatic heterocycles. The predicted molar refractivity (Wildman–Crippen MR) is 135 cm³/mol. The van der Waals surface area contributed by atoms with Gasteiger partial charge in [0.25, 0.3) is 0 Å². The number of ether oxygens (including phenoxy) is 1. The van der Waals surface area contributed by atoms with E-state index >= 15 is 0 Å². The quantitative estimate of drug-likeness (QED) is 0.423. The van der Waals surface area contributed by atoms with E-state index in [2.05, 4.69) is 65.0 Å². The van der Waals surface area contributed by atoms with Crippen molar-refractivity contribution in [2.75, 3.05) is 6.61 Å². The van der Waals surface area contributed by atoms with E-state index in [0.29, 0.717) is 6.61 Å². The van der Waals surface area contributed by atoms with Gasteiger partial charge in [0.2, 0.25) is 0 Å². The molecule has 0 amide bonds. The van der Waals surface area contributed by atoms with Gasteiger partial charge in [-0.25, -0.2) is 4.79 Å². The molecule has 172 valence electrons. The van der Waals surface area contributed by atoms with Gasteiger partial charge in [-0.2, -0.15) is 0 Å². The molecule has 0 unspecified atom stereocenters.